The Labute approximate surface area is 141 Å². The zero-order valence-corrected chi connectivity index (χ0v) is 14.3. The van der Waals surface area contributed by atoms with Crippen LogP contribution in [0.25, 0.3) is 0 Å². The Morgan fingerprint density at radius 3 is 2.54 bits per heavy atom. The van der Waals surface area contributed by atoms with Crippen molar-refractivity contribution in [1.29, 1.82) is 0 Å². The third kappa shape index (κ3) is 5.82. The van der Waals surface area contributed by atoms with E-state index >= 15 is 0 Å². The average molecular weight is 355 g/mol. The highest BCUT2D eigenvalue weighted by Gasteiger charge is 2.20. The minimum absolute atomic E-state index is 0.0826. The summed E-state index contributed by atoms with van der Waals surface area (Å²) < 4.78 is 31.8. The number of nitrogens with one attached hydrogen (secondary N) is 2. The molecule has 1 aliphatic heterocycles. The summed E-state index contributed by atoms with van der Waals surface area (Å²) in [6, 6.07) is 6.37. The second-order valence-corrected chi connectivity index (χ2v) is 7.27. The summed E-state index contributed by atoms with van der Waals surface area (Å²) in [4.78, 5) is 24.6. The first-order valence-corrected chi connectivity index (χ1v) is 9.24. The van der Waals surface area contributed by atoms with E-state index in [9.17, 15) is 18.0 Å². The molecule has 9 heteroatoms. The topological polar surface area (TPSA) is 105 Å². The molecule has 0 saturated carbocycles. The molecule has 2 amide bonds. The highest BCUT2D eigenvalue weighted by Crippen LogP contribution is 2.16. The molecule has 0 unspecified atom stereocenters. The van der Waals surface area contributed by atoms with Gasteiger partial charge in [-0.25, -0.2) is 8.42 Å². The number of carbonyl (C=O) groups excluding carboxylic acids is 2. The maximum atomic E-state index is 12.1. The van der Waals surface area contributed by atoms with Gasteiger partial charge < -0.3 is 15.0 Å². The van der Waals surface area contributed by atoms with Crippen molar-refractivity contribution in [2.45, 2.75) is 13.3 Å². The summed E-state index contributed by atoms with van der Waals surface area (Å²) in [5.74, 6) is -0.741. The first kappa shape index (κ1) is 18.2. The molecule has 1 aromatic rings. The lowest BCUT2D eigenvalue weighted by Gasteiger charge is -2.26. The third-order valence-corrected chi connectivity index (χ3v) is 4.69. The molecule has 2 rings (SSSR count). The van der Waals surface area contributed by atoms with Gasteiger partial charge in [-0.1, -0.05) is 6.07 Å². The van der Waals surface area contributed by atoms with Crippen LogP contribution in [0.15, 0.2) is 24.3 Å². The summed E-state index contributed by atoms with van der Waals surface area (Å²) in [6.07, 6.45) is -0.0826. The number of anilines is 2. The lowest BCUT2D eigenvalue weighted by Crippen LogP contribution is -2.41. The van der Waals surface area contributed by atoms with Crippen LogP contribution >= 0.6 is 0 Å². The van der Waals surface area contributed by atoms with Crippen molar-refractivity contribution in [2.24, 2.45) is 0 Å². The van der Waals surface area contributed by atoms with Gasteiger partial charge in [-0.05, 0) is 18.2 Å². The number of hydrogen-bond acceptors (Lipinski definition) is 5. The van der Waals surface area contributed by atoms with E-state index in [1.54, 1.807) is 23.1 Å². The predicted molar refractivity (Wildman–Crippen MR) is 90.2 cm³/mol. The fourth-order valence-corrected chi connectivity index (χ4v) is 3.32. The molecule has 0 radical (unpaired) electrons. The monoisotopic (exact) mass is 355 g/mol. The van der Waals surface area contributed by atoms with Gasteiger partial charge in [0.2, 0.25) is 21.8 Å². The predicted octanol–water partition coefficient (Wildman–Crippen LogP) is 0.636. The molecule has 1 heterocycles. The van der Waals surface area contributed by atoms with Crippen molar-refractivity contribution >= 4 is 33.2 Å². The summed E-state index contributed by atoms with van der Waals surface area (Å²) in [7, 11) is -3.66. The van der Waals surface area contributed by atoms with Crippen LogP contribution in [0.5, 0.6) is 0 Å². The van der Waals surface area contributed by atoms with Crippen LogP contribution in [0.4, 0.5) is 11.4 Å². The van der Waals surface area contributed by atoms with Gasteiger partial charge >= 0.3 is 0 Å². The summed E-state index contributed by atoms with van der Waals surface area (Å²) in [5, 5.41) is 2.58. The first-order chi connectivity index (χ1) is 11.4. The molecular formula is C15H21N3O5S. The molecule has 0 atom stereocenters. The van der Waals surface area contributed by atoms with Crippen LogP contribution in [0, 0.1) is 0 Å². The molecule has 1 aromatic carbocycles. The van der Waals surface area contributed by atoms with Crippen LogP contribution < -0.4 is 10.0 Å². The Balaban J connectivity index is 1.91. The lowest BCUT2D eigenvalue weighted by atomic mass is 10.3. The van der Waals surface area contributed by atoms with Crippen LogP contribution in [0.1, 0.15) is 13.3 Å². The number of nitrogens with zero attached hydrogens (tertiary/aromatic N) is 1. The highest BCUT2D eigenvalue weighted by molar-refractivity contribution is 7.92. The van der Waals surface area contributed by atoms with Crippen LogP contribution in [0.2, 0.25) is 0 Å². The van der Waals surface area contributed by atoms with E-state index < -0.39 is 10.0 Å². The largest absolute Gasteiger partial charge is 0.378 e. The molecule has 1 fully saturated rings. The molecule has 0 spiro atoms. The smallest absolute Gasteiger partial charge is 0.233 e. The first-order valence-electron chi connectivity index (χ1n) is 7.59. The fourth-order valence-electron chi connectivity index (χ4n) is 2.29. The molecule has 0 aliphatic carbocycles. The molecule has 24 heavy (non-hydrogen) atoms. The van der Waals surface area contributed by atoms with Crippen LogP contribution in [0.3, 0.4) is 0 Å². The standard InChI is InChI=1S/C15H21N3O5S/c1-12(19)16-13-3-2-4-14(11-13)17-24(21,22)10-5-15(20)18-6-8-23-9-7-18/h2-4,11,17H,5-10H2,1H3,(H,16,19). The Morgan fingerprint density at radius 2 is 1.88 bits per heavy atom. The van der Waals surface area contributed by atoms with Gasteiger partial charge in [0.1, 0.15) is 0 Å². The summed E-state index contributed by atoms with van der Waals surface area (Å²) >= 11 is 0. The number of amides is 2. The lowest BCUT2D eigenvalue weighted by molar-refractivity contribution is -0.134. The van der Waals surface area contributed by atoms with Gasteiger partial charge in [-0.2, -0.15) is 0 Å². The second kappa shape index (κ2) is 8.11. The summed E-state index contributed by atoms with van der Waals surface area (Å²) in [6.45, 7) is 3.31. The third-order valence-electron chi connectivity index (χ3n) is 3.40. The van der Waals surface area contributed by atoms with Crippen LogP contribution in [-0.4, -0.2) is 57.2 Å². The van der Waals surface area contributed by atoms with Crippen molar-refractivity contribution in [3.8, 4) is 0 Å². The Bertz CT molecular complexity index is 699. The zero-order valence-electron chi connectivity index (χ0n) is 13.4. The molecule has 1 aliphatic rings. The van der Waals surface area contributed by atoms with Gasteiger partial charge in [0.15, 0.2) is 0 Å². The van der Waals surface area contributed by atoms with E-state index in [0.717, 1.165) is 0 Å². The highest BCUT2D eigenvalue weighted by atomic mass is 32.2. The van der Waals surface area contributed by atoms with E-state index in [1.165, 1.54) is 13.0 Å². The number of sulfonamides is 1. The molecule has 0 bridgehead atoms. The Kier molecular flexibility index (Phi) is 6.16. The second-order valence-electron chi connectivity index (χ2n) is 5.43. The SMILES string of the molecule is CC(=O)Nc1cccc(NS(=O)(=O)CCC(=O)N2CCOCC2)c1. The molecule has 0 aromatic heterocycles. The minimum atomic E-state index is -3.66. The van der Waals surface area contributed by atoms with Crippen molar-refractivity contribution < 1.29 is 22.7 Å². The van der Waals surface area contributed by atoms with Gasteiger partial charge in [0.25, 0.3) is 0 Å². The van der Waals surface area contributed by atoms with E-state index in [0.29, 0.717) is 37.7 Å². The number of hydrogen-bond donors (Lipinski definition) is 2. The van der Waals surface area contributed by atoms with Crippen molar-refractivity contribution in [1.82, 2.24) is 4.90 Å². The number of benzene rings is 1. The number of morpholine rings is 1. The molecule has 2 N–H and O–H groups in total. The fraction of sp³-hybridized carbons (Fsp3) is 0.467. The maximum Gasteiger partial charge on any atom is 0.233 e. The van der Waals surface area contributed by atoms with Crippen molar-refractivity contribution in [3.63, 3.8) is 0 Å². The van der Waals surface area contributed by atoms with Crippen molar-refractivity contribution in [2.75, 3.05) is 42.1 Å². The zero-order chi connectivity index (χ0) is 17.6. The van der Waals surface area contributed by atoms with Gasteiger partial charge in [0, 0.05) is 32.1 Å². The van der Waals surface area contributed by atoms with Gasteiger partial charge in [-0.3, -0.25) is 14.3 Å². The van der Waals surface area contributed by atoms with E-state index in [2.05, 4.69) is 10.0 Å². The van der Waals surface area contributed by atoms with Gasteiger partial charge in [-0.15, -0.1) is 0 Å². The molecule has 132 valence electrons. The minimum Gasteiger partial charge on any atom is -0.378 e. The maximum absolute atomic E-state index is 12.1. The van der Waals surface area contributed by atoms with Crippen LogP contribution in [-0.2, 0) is 24.3 Å². The number of ether oxygens (including phenoxy) is 1. The summed E-state index contributed by atoms with van der Waals surface area (Å²) in [5.41, 5.74) is 0.826. The van der Waals surface area contributed by atoms with Crippen molar-refractivity contribution in [3.05, 3.63) is 24.3 Å². The number of rotatable bonds is 6. The average Bonchev–Trinajstić information content (AvgIpc) is 2.53. The quantitative estimate of drug-likeness (QED) is 0.779. The molecule has 8 nitrogen and oxygen atoms in total. The van der Waals surface area contributed by atoms with E-state index in [1.807, 2.05) is 0 Å². The molecular weight excluding hydrogens is 334 g/mol. The Hall–Kier alpha value is -2.13. The number of carbonyl (C=O) groups is 2. The normalized spacial score (nSPS) is 15.0. The van der Waals surface area contributed by atoms with E-state index in [4.69, 9.17) is 4.74 Å². The molecule has 1 saturated heterocycles. The van der Waals surface area contributed by atoms with Gasteiger partial charge in [0.05, 0.1) is 24.7 Å². The van der Waals surface area contributed by atoms with E-state index in [-0.39, 0.29) is 24.0 Å². The Morgan fingerprint density at radius 1 is 1.21 bits per heavy atom.